The summed E-state index contributed by atoms with van der Waals surface area (Å²) >= 11 is 6.05. The van der Waals surface area contributed by atoms with Gasteiger partial charge in [0.1, 0.15) is 11.4 Å². The molecule has 41 heavy (non-hydrogen) atoms. The predicted octanol–water partition coefficient (Wildman–Crippen LogP) is 5.26. The Kier molecular flexibility index (Phi) is 8.12. The van der Waals surface area contributed by atoms with Gasteiger partial charge in [0.2, 0.25) is 5.79 Å². The molecule has 1 unspecified atom stereocenters. The van der Waals surface area contributed by atoms with E-state index >= 15 is 0 Å². The highest BCUT2D eigenvalue weighted by molar-refractivity contribution is 6.30. The Morgan fingerprint density at radius 3 is 2.66 bits per heavy atom. The van der Waals surface area contributed by atoms with Crippen LogP contribution in [0.15, 0.2) is 66.1 Å². The lowest BCUT2D eigenvalue weighted by molar-refractivity contribution is -0.109. The van der Waals surface area contributed by atoms with E-state index in [1.165, 1.54) is 6.20 Å². The van der Waals surface area contributed by atoms with E-state index in [1.54, 1.807) is 30.3 Å². The number of H-pyrrole nitrogens is 2. The van der Waals surface area contributed by atoms with Crippen LogP contribution < -0.4 is 15.8 Å². The Morgan fingerprint density at radius 1 is 1.22 bits per heavy atom. The fourth-order valence-electron chi connectivity index (χ4n) is 5.14. The maximum atomic E-state index is 14.7. The normalized spacial score (nSPS) is 16.6. The second kappa shape index (κ2) is 11.6. The number of nitrogens with one attached hydrogen (secondary N) is 3. The third kappa shape index (κ3) is 5.70. The molecule has 4 N–H and O–H groups in total. The molecule has 3 heterocycles. The van der Waals surface area contributed by atoms with E-state index in [-0.39, 0.29) is 30.8 Å². The number of pyridine rings is 1. The summed E-state index contributed by atoms with van der Waals surface area (Å²) in [7, 11) is 0. The molecular formula is C29H30ClF3N6O2. The number of aromatic amines is 2. The lowest BCUT2D eigenvalue weighted by Gasteiger charge is -2.41. The van der Waals surface area contributed by atoms with Gasteiger partial charge in [-0.2, -0.15) is 0 Å². The Morgan fingerprint density at radius 2 is 1.98 bits per heavy atom. The van der Waals surface area contributed by atoms with Crippen LogP contribution in [0, 0.1) is 6.92 Å². The topological polar surface area (TPSA) is 100 Å². The Labute approximate surface area is 239 Å². The molecule has 2 atom stereocenters. The number of aliphatic hydroxyl groups is 1. The molecule has 1 fully saturated rings. The Bertz CT molecular complexity index is 1620. The van der Waals surface area contributed by atoms with Gasteiger partial charge >= 0.3 is 0 Å². The molecule has 1 aliphatic heterocycles. The molecule has 0 radical (unpaired) electrons. The minimum absolute atomic E-state index is 0.105. The van der Waals surface area contributed by atoms with E-state index in [9.17, 15) is 23.1 Å². The summed E-state index contributed by atoms with van der Waals surface area (Å²) in [6, 6.07) is 12.4. The molecule has 0 aliphatic carbocycles. The summed E-state index contributed by atoms with van der Waals surface area (Å²) < 4.78 is 41.4. The first-order valence-corrected chi connectivity index (χ1v) is 13.5. The molecule has 1 saturated heterocycles. The smallest absolute Gasteiger partial charge is 0.289 e. The standard InChI is InChI=1S/C29H30ClF3N6O2/c1-3-29(33,28(31)32)39-11-9-38(10-12-39)20-13-17(2)25-22(15-20)36-26(37-25)24-21(7-8-34-27(24)41)35-16-23(40)18-5-4-6-19(30)14-18/h3-8,13-15,23,28,40H,1,9-12,16H2,2H3,(H,36,37)(H2,34,35,41)/t23?,29-/m1/s1. The van der Waals surface area contributed by atoms with E-state index in [4.69, 9.17) is 16.6 Å². The Hall–Kier alpha value is -3.80. The van der Waals surface area contributed by atoms with Crippen LogP contribution in [0.3, 0.4) is 0 Å². The minimum Gasteiger partial charge on any atom is -0.387 e. The molecule has 1 aliphatic rings. The van der Waals surface area contributed by atoms with Crippen LogP contribution in [0.5, 0.6) is 0 Å². The first-order chi connectivity index (χ1) is 19.6. The third-order valence-corrected chi connectivity index (χ3v) is 7.64. The Balaban J connectivity index is 1.38. The first kappa shape index (κ1) is 28.7. The summed E-state index contributed by atoms with van der Waals surface area (Å²) in [5, 5.41) is 14.3. The fraction of sp³-hybridized carbons (Fsp3) is 0.310. The third-order valence-electron chi connectivity index (χ3n) is 7.40. The molecule has 4 aromatic rings. The molecule has 0 saturated carbocycles. The van der Waals surface area contributed by atoms with Gasteiger partial charge in [-0.15, -0.1) is 0 Å². The van der Waals surface area contributed by atoms with Crippen molar-refractivity contribution in [2.45, 2.75) is 25.2 Å². The van der Waals surface area contributed by atoms with E-state index in [1.807, 2.05) is 24.0 Å². The van der Waals surface area contributed by atoms with E-state index in [0.29, 0.717) is 52.3 Å². The highest BCUT2D eigenvalue weighted by atomic mass is 35.5. The number of piperazine rings is 1. The molecule has 0 spiro atoms. The van der Waals surface area contributed by atoms with E-state index in [2.05, 4.69) is 21.9 Å². The number of alkyl halides is 3. The number of hydrogen-bond donors (Lipinski definition) is 4. The van der Waals surface area contributed by atoms with Gasteiger partial charge in [0.25, 0.3) is 12.0 Å². The van der Waals surface area contributed by atoms with E-state index < -0.39 is 18.3 Å². The number of anilines is 2. The largest absolute Gasteiger partial charge is 0.387 e. The van der Waals surface area contributed by atoms with Crippen molar-refractivity contribution >= 4 is 34.0 Å². The average Bonchev–Trinajstić information content (AvgIpc) is 3.39. The number of imidazole rings is 1. The maximum Gasteiger partial charge on any atom is 0.289 e. The lowest BCUT2D eigenvalue weighted by Crippen LogP contribution is -2.57. The first-order valence-electron chi connectivity index (χ1n) is 13.1. The van der Waals surface area contributed by atoms with E-state index in [0.717, 1.165) is 16.2 Å². The summed E-state index contributed by atoms with van der Waals surface area (Å²) in [4.78, 5) is 26.6. The number of aromatic nitrogens is 3. The van der Waals surface area contributed by atoms with Gasteiger partial charge in [-0.25, -0.2) is 18.2 Å². The fourth-order valence-corrected chi connectivity index (χ4v) is 5.33. The quantitative estimate of drug-likeness (QED) is 0.158. The van der Waals surface area contributed by atoms with Crippen molar-refractivity contribution in [1.29, 1.82) is 0 Å². The van der Waals surface area contributed by atoms with Crippen LogP contribution in [0.2, 0.25) is 5.02 Å². The van der Waals surface area contributed by atoms with Crippen molar-refractivity contribution in [2.24, 2.45) is 0 Å². The number of fused-ring (bicyclic) bond motifs is 1. The van der Waals surface area contributed by atoms with Crippen LogP contribution in [0.4, 0.5) is 24.5 Å². The average molecular weight is 587 g/mol. The molecule has 5 rings (SSSR count). The van der Waals surface area contributed by atoms with Crippen LogP contribution in [-0.2, 0) is 0 Å². The summed E-state index contributed by atoms with van der Waals surface area (Å²) in [6.07, 6.45) is -1.87. The summed E-state index contributed by atoms with van der Waals surface area (Å²) in [5.74, 6) is -2.51. The van der Waals surface area contributed by atoms with Crippen LogP contribution >= 0.6 is 11.6 Å². The predicted molar refractivity (Wildman–Crippen MR) is 156 cm³/mol. The molecular weight excluding hydrogens is 557 g/mol. The van der Waals surface area contributed by atoms with Gasteiger partial charge in [-0.1, -0.05) is 30.3 Å². The van der Waals surface area contributed by atoms with Crippen molar-refractivity contribution in [1.82, 2.24) is 19.9 Å². The highest BCUT2D eigenvalue weighted by Crippen LogP contribution is 2.32. The van der Waals surface area contributed by atoms with Crippen molar-refractivity contribution in [3.8, 4) is 11.4 Å². The molecule has 12 heteroatoms. The number of aliphatic hydroxyl groups excluding tert-OH is 1. The van der Waals surface area contributed by atoms with Crippen LogP contribution in [0.1, 0.15) is 17.2 Å². The van der Waals surface area contributed by atoms with Gasteiger partial charge in [0.15, 0.2) is 0 Å². The van der Waals surface area contributed by atoms with Crippen molar-refractivity contribution in [2.75, 3.05) is 42.9 Å². The minimum atomic E-state index is -3.19. The number of benzene rings is 2. The number of nitrogens with zero attached hydrogens (tertiary/aromatic N) is 3. The van der Waals surface area contributed by atoms with Crippen LogP contribution in [0.25, 0.3) is 22.4 Å². The number of aryl methyl sites for hydroxylation is 1. The van der Waals surface area contributed by atoms with Crippen LogP contribution in [-0.4, -0.2) is 69.9 Å². The monoisotopic (exact) mass is 586 g/mol. The molecule has 2 aromatic heterocycles. The van der Waals surface area contributed by atoms with Gasteiger partial charge in [0, 0.05) is 49.6 Å². The zero-order valence-electron chi connectivity index (χ0n) is 22.3. The second-order valence-corrected chi connectivity index (χ2v) is 10.4. The molecule has 0 bridgehead atoms. The van der Waals surface area contributed by atoms with Gasteiger partial charge in [0.05, 0.1) is 22.8 Å². The van der Waals surface area contributed by atoms with Crippen molar-refractivity contribution < 1.29 is 18.3 Å². The summed E-state index contributed by atoms with van der Waals surface area (Å²) in [6.45, 7) is 6.19. The summed E-state index contributed by atoms with van der Waals surface area (Å²) in [5.41, 5.74) is 4.07. The second-order valence-electron chi connectivity index (χ2n) is 10.00. The molecule has 0 amide bonds. The molecule has 2 aromatic carbocycles. The number of hydrogen-bond acceptors (Lipinski definition) is 6. The highest BCUT2D eigenvalue weighted by Gasteiger charge is 2.44. The number of rotatable bonds is 9. The molecule has 216 valence electrons. The van der Waals surface area contributed by atoms with Crippen molar-refractivity contribution in [3.63, 3.8) is 0 Å². The zero-order chi connectivity index (χ0) is 29.3. The molecule has 8 nitrogen and oxygen atoms in total. The van der Waals surface area contributed by atoms with Crippen molar-refractivity contribution in [3.05, 3.63) is 87.8 Å². The maximum absolute atomic E-state index is 14.7. The van der Waals surface area contributed by atoms with Gasteiger partial charge in [-0.05, 0) is 54.5 Å². The SMILES string of the molecule is C=C[C@](F)(C(F)F)N1CCN(c2cc(C)c3nc(-c4c(NCC(O)c5cccc(Cl)c5)cc[nH]c4=O)[nH]c3c2)CC1. The lowest BCUT2D eigenvalue weighted by atomic mass is 10.1. The number of halogens is 4. The van der Waals surface area contributed by atoms with Gasteiger partial charge < -0.3 is 25.3 Å². The van der Waals surface area contributed by atoms with Gasteiger partial charge in [-0.3, -0.25) is 9.69 Å². The zero-order valence-corrected chi connectivity index (χ0v) is 23.1.